The second kappa shape index (κ2) is 6.60. The predicted molar refractivity (Wildman–Crippen MR) is 129 cm³/mol. The number of aliphatic hydroxyl groups excluding tert-OH is 1. The number of hydrogen-bond acceptors (Lipinski definition) is 6. The number of esters is 1. The minimum Gasteiger partial charge on any atom is -0.443 e. The summed E-state index contributed by atoms with van der Waals surface area (Å²) in [6.07, 6.45) is 6.29. The molecule has 7 fully saturated rings. The molecule has 0 amide bonds. The molecule has 0 aromatic rings. The third kappa shape index (κ3) is 2.48. The zero-order valence-corrected chi connectivity index (χ0v) is 21.8. The Morgan fingerprint density at radius 3 is 2.66 bits per heavy atom. The number of Topliss-reactive ketones (excluding diaryl/α,β-unsaturated/α-hetero) is 1. The quantitative estimate of drug-likeness (QED) is 0.411. The van der Waals surface area contributed by atoms with Gasteiger partial charge in [0.05, 0.1) is 18.6 Å². The van der Waals surface area contributed by atoms with Crippen molar-refractivity contribution < 1.29 is 24.2 Å². The molecule has 4 saturated heterocycles. The maximum absolute atomic E-state index is 14.1. The van der Waals surface area contributed by atoms with E-state index in [0.717, 1.165) is 44.2 Å². The number of nitrogens with zero attached hydrogens (tertiary/aromatic N) is 1. The third-order valence-corrected chi connectivity index (χ3v) is 12.5. The van der Waals surface area contributed by atoms with Gasteiger partial charge in [-0.15, -0.1) is 0 Å². The summed E-state index contributed by atoms with van der Waals surface area (Å²) < 4.78 is 13.4. The Morgan fingerprint density at radius 1 is 1.11 bits per heavy atom. The molecular formula is C29H41NO5. The molecular weight excluding hydrogens is 442 g/mol. The summed E-state index contributed by atoms with van der Waals surface area (Å²) in [6.45, 7) is 14.2. The Balaban J connectivity index is 1.43. The molecule has 1 N–H and O–H groups in total. The average Bonchev–Trinajstić information content (AvgIpc) is 3.01. The van der Waals surface area contributed by atoms with Gasteiger partial charge < -0.3 is 14.6 Å². The van der Waals surface area contributed by atoms with E-state index in [4.69, 9.17) is 9.47 Å². The predicted octanol–water partition coefficient (Wildman–Crippen LogP) is 4.21. The van der Waals surface area contributed by atoms with E-state index in [0.29, 0.717) is 31.6 Å². The Labute approximate surface area is 208 Å². The van der Waals surface area contributed by atoms with Crippen LogP contribution in [0.25, 0.3) is 0 Å². The molecule has 3 aliphatic carbocycles. The number of carbonyl (C=O) groups excluding carboxylic acids is 2. The molecule has 6 heteroatoms. The molecule has 4 heterocycles. The fourth-order valence-electron chi connectivity index (χ4n) is 11.2. The van der Waals surface area contributed by atoms with Crippen molar-refractivity contribution in [2.45, 2.75) is 109 Å². The van der Waals surface area contributed by atoms with Crippen molar-refractivity contribution in [2.24, 2.45) is 39.9 Å². The van der Waals surface area contributed by atoms with Gasteiger partial charge in [-0.25, -0.2) is 4.90 Å². The summed E-state index contributed by atoms with van der Waals surface area (Å²) in [4.78, 5) is 30.0. The number of hydrogen-bond donors (Lipinski definition) is 1. The van der Waals surface area contributed by atoms with Gasteiger partial charge in [0.15, 0.2) is 5.72 Å². The fourth-order valence-corrected chi connectivity index (χ4v) is 11.2. The van der Waals surface area contributed by atoms with Crippen LogP contribution in [-0.2, 0) is 19.1 Å². The Morgan fingerprint density at radius 2 is 1.89 bits per heavy atom. The van der Waals surface area contributed by atoms with E-state index in [1.165, 1.54) is 0 Å². The van der Waals surface area contributed by atoms with Crippen LogP contribution >= 0.6 is 0 Å². The summed E-state index contributed by atoms with van der Waals surface area (Å²) in [5.41, 5.74) is -1.28. The first-order valence-electron chi connectivity index (χ1n) is 13.9. The van der Waals surface area contributed by atoms with Gasteiger partial charge in [0.25, 0.3) is 0 Å². The zero-order valence-electron chi connectivity index (χ0n) is 21.8. The van der Waals surface area contributed by atoms with E-state index in [1.807, 2.05) is 0 Å². The molecule has 3 saturated carbocycles. The van der Waals surface area contributed by atoms with Crippen molar-refractivity contribution in [3.63, 3.8) is 0 Å². The number of ketones is 1. The van der Waals surface area contributed by atoms with Crippen molar-refractivity contribution in [1.29, 1.82) is 0 Å². The van der Waals surface area contributed by atoms with Crippen molar-refractivity contribution in [1.82, 2.24) is 4.90 Å². The van der Waals surface area contributed by atoms with Crippen LogP contribution in [-0.4, -0.2) is 52.0 Å². The number of rotatable bonds is 0. The minimum absolute atomic E-state index is 0.0401. The smallest absolute Gasteiger partial charge is 0.308 e. The minimum atomic E-state index is -0.786. The zero-order chi connectivity index (χ0) is 24.8. The lowest BCUT2D eigenvalue weighted by Gasteiger charge is -2.76. The SMILES string of the molecule is C=C1C[C@@H]2[C@H](CC(=O)C3[C@]4(C)CC(=O)O[C@@]5(C[C@]32C)N2C[C@H]3C[C@H](C)C[C@]2(CC[C@@]45C)O3)[C@@H](O)C1. The number of aliphatic hydroxyl groups is 1. The Kier molecular flexibility index (Phi) is 4.32. The first-order valence-corrected chi connectivity index (χ1v) is 13.9. The van der Waals surface area contributed by atoms with Gasteiger partial charge in [-0.1, -0.05) is 39.8 Å². The van der Waals surface area contributed by atoms with Crippen LogP contribution in [0.15, 0.2) is 12.2 Å². The van der Waals surface area contributed by atoms with E-state index in [2.05, 4.69) is 39.2 Å². The summed E-state index contributed by atoms with van der Waals surface area (Å²) in [5.74, 6) is 0.574. The van der Waals surface area contributed by atoms with E-state index < -0.39 is 17.2 Å². The Bertz CT molecular complexity index is 1040. The van der Waals surface area contributed by atoms with Gasteiger partial charge >= 0.3 is 5.97 Å². The molecule has 1 unspecified atom stereocenters. The number of ether oxygens (including phenoxy) is 2. The largest absolute Gasteiger partial charge is 0.443 e. The molecule has 35 heavy (non-hydrogen) atoms. The Hall–Kier alpha value is -1.24. The van der Waals surface area contributed by atoms with Gasteiger partial charge in [-0.2, -0.15) is 0 Å². The highest BCUT2D eigenvalue weighted by Gasteiger charge is 2.82. The fraction of sp³-hybridized carbons (Fsp3) is 0.862. The van der Waals surface area contributed by atoms with Crippen LogP contribution in [0.1, 0.15) is 85.5 Å². The highest BCUT2D eigenvalue weighted by Crippen LogP contribution is 2.77. The standard InChI is InChI=1S/C29H41NO5/c1-16-9-20-19(21(31)10-16)11-22(32)24-25(20,3)15-29-27(5,26(24,4)13-23(33)35-29)6-7-28-12-17(2)8-18(34-28)14-30(28)29/h17-21,24,31H,1,6-15H2,2-5H3/t17-,18+,19-,20+,21-,24?,25-,26-,27-,28-,29+/m0/s1. The summed E-state index contributed by atoms with van der Waals surface area (Å²) in [6, 6.07) is 0. The number of piperidine rings is 1. The van der Waals surface area contributed by atoms with Crippen molar-refractivity contribution >= 4 is 11.8 Å². The molecule has 1 spiro atoms. The normalized spacial score (nSPS) is 59.2. The molecule has 11 atom stereocenters. The lowest BCUT2D eigenvalue weighted by atomic mass is 9.34. The maximum Gasteiger partial charge on any atom is 0.308 e. The lowest BCUT2D eigenvalue weighted by Crippen LogP contribution is -2.82. The van der Waals surface area contributed by atoms with Gasteiger partial charge in [0.2, 0.25) is 0 Å². The number of fused-ring (bicyclic) bond motifs is 5. The highest BCUT2D eigenvalue weighted by atomic mass is 16.6. The molecule has 0 aromatic carbocycles. The van der Waals surface area contributed by atoms with Crippen LogP contribution in [0.3, 0.4) is 0 Å². The van der Waals surface area contributed by atoms with E-state index in [-0.39, 0.29) is 52.2 Å². The van der Waals surface area contributed by atoms with Crippen LogP contribution < -0.4 is 0 Å². The maximum atomic E-state index is 14.1. The van der Waals surface area contributed by atoms with Crippen LogP contribution in [0.2, 0.25) is 0 Å². The molecule has 4 bridgehead atoms. The van der Waals surface area contributed by atoms with E-state index in [9.17, 15) is 14.7 Å². The van der Waals surface area contributed by atoms with Gasteiger partial charge in [0, 0.05) is 30.7 Å². The molecule has 192 valence electrons. The summed E-state index contributed by atoms with van der Waals surface area (Å²) in [7, 11) is 0. The van der Waals surface area contributed by atoms with Crippen molar-refractivity contribution in [3.8, 4) is 0 Å². The first-order chi connectivity index (χ1) is 16.4. The monoisotopic (exact) mass is 483 g/mol. The lowest BCUT2D eigenvalue weighted by molar-refractivity contribution is -0.380. The van der Waals surface area contributed by atoms with Gasteiger partial charge in [-0.05, 0) is 67.1 Å². The molecule has 0 aromatic heterocycles. The first kappa shape index (κ1) is 22.9. The van der Waals surface area contributed by atoms with Crippen LogP contribution in [0.5, 0.6) is 0 Å². The van der Waals surface area contributed by atoms with Gasteiger partial charge in [-0.3, -0.25) is 9.59 Å². The summed E-state index contributed by atoms with van der Waals surface area (Å²) in [5, 5.41) is 11.1. The molecule has 0 radical (unpaired) electrons. The van der Waals surface area contributed by atoms with Crippen molar-refractivity contribution in [2.75, 3.05) is 6.54 Å². The van der Waals surface area contributed by atoms with Crippen molar-refractivity contribution in [3.05, 3.63) is 12.2 Å². The third-order valence-electron chi connectivity index (χ3n) is 12.5. The topological polar surface area (TPSA) is 76.1 Å². The number of carbonyl (C=O) groups is 2. The average molecular weight is 484 g/mol. The van der Waals surface area contributed by atoms with Gasteiger partial charge in [0.1, 0.15) is 11.5 Å². The van der Waals surface area contributed by atoms with Crippen LogP contribution in [0, 0.1) is 39.9 Å². The molecule has 4 aliphatic heterocycles. The molecule has 7 aliphatic rings. The van der Waals surface area contributed by atoms with E-state index >= 15 is 0 Å². The molecule has 6 nitrogen and oxygen atoms in total. The second-order valence-corrected chi connectivity index (χ2v) is 14.3. The highest BCUT2D eigenvalue weighted by molar-refractivity contribution is 5.86. The second-order valence-electron chi connectivity index (χ2n) is 14.3. The van der Waals surface area contributed by atoms with Crippen LogP contribution in [0.4, 0.5) is 0 Å². The summed E-state index contributed by atoms with van der Waals surface area (Å²) >= 11 is 0. The molecule has 7 rings (SSSR count). The van der Waals surface area contributed by atoms with E-state index in [1.54, 1.807) is 0 Å².